The van der Waals surface area contributed by atoms with Crippen LogP contribution in [0.2, 0.25) is 0 Å². The lowest BCUT2D eigenvalue weighted by Crippen LogP contribution is -2.67. The summed E-state index contributed by atoms with van der Waals surface area (Å²) in [6.45, 7) is 9.46. The van der Waals surface area contributed by atoms with Gasteiger partial charge in [-0.1, -0.05) is 19.3 Å². The van der Waals surface area contributed by atoms with E-state index in [2.05, 4.69) is 55.2 Å². The molecule has 1 saturated carbocycles. The molecule has 6 rings (SSSR count). The Bertz CT molecular complexity index is 1150. The highest BCUT2D eigenvalue weighted by atomic mass is 16.3. The lowest BCUT2D eigenvalue weighted by atomic mass is 9.78. The van der Waals surface area contributed by atoms with Crippen molar-refractivity contribution in [2.45, 2.75) is 89.1 Å². The van der Waals surface area contributed by atoms with Gasteiger partial charge in [-0.3, -0.25) is 9.69 Å². The van der Waals surface area contributed by atoms with Crippen molar-refractivity contribution >= 4 is 29.2 Å². The number of hydrogen-bond donors (Lipinski definition) is 3. The number of nitrogens with one attached hydrogen (secondary N) is 2. The summed E-state index contributed by atoms with van der Waals surface area (Å²) >= 11 is 0. The molecule has 0 bridgehead atoms. The molecular formula is C28H40N8O2. The summed E-state index contributed by atoms with van der Waals surface area (Å²) in [5, 5.41) is 16.3. The minimum Gasteiger partial charge on any atom is -0.392 e. The Morgan fingerprint density at radius 2 is 1.89 bits per heavy atom. The van der Waals surface area contributed by atoms with Gasteiger partial charge in [0.15, 0.2) is 0 Å². The molecule has 5 heterocycles. The summed E-state index contributed by atoms with van der Waals surface area (Å²) in [6.07, 6.45) is 9.92. The van der Waals surface area contributed by atoms with Gasteiger partial charge in [0.2, 0.25) is 11.9 Å². The van der Waals surface area contributed by atoms with Crippen molar-refractivity contribution in [3.63, 3.8) is 0 Å². The van der Waals surface area contributed by atoms with Crippen LogP contribution in [0.15, 0.2) is 24.5 Å². The van der Waals surface area contributed by atoms with Gasteiger partial charge in [-0.25, -0.2) is 9.97 Å². The molecule has 0 aromatic carbocycles. The molecule has 1 aliphatic carbocycles. The summed E-state index contributed by atoms with van der Waals surface area (Å²) in [4.78, 5) is 34.0. The zero-order chi connectivity index (χ0) is 26.4. The molecule has 3 fully saturated rings. The number of pyridine rings is 1. The number of fused-ring (bicyclic) bond motifs is 4. The summed E-state index contributed by atoms with van der Waals surface area (Å²) in [5.41, 5.74) is 2.09. The van der Waals surface area contributed by atoms with Gasteiger partial charge in [0.1, 0.15) is 17.7 Å². The fourth-order valence-corrected chi connectivity index (χ4v) is 7.10. The minimum absolute atomic E-state index is 0.0406. The average molecular weight is 521 g/mol. The van der Waals surface area contributed by atoms with Crippen molar-refractivity contribution in [3.8, 4) is 0 Å². The Kier molecular flexibility index (Phi) is 6.63. The fourth-order valence-electron chi connectivity index (χ4n) is 7.10. The predicted octanol–water partition coefficient (Wildman–Crippen LogP) is 2.46. The molecule has 2 aromatic rings. The Balaban J connectivity index is 1.17. The van der Waals surface area contributed by atoms with E-state index in [0.717, 1.165) is 43.0 Å². The van der Waals surface area contributed by atoms with E-state index < -0.39 is 0 Å². The predicted molar refractivity (Wildman–Crippen MR) is 148 cm³/mol. The van der Waals surface area contributed by atoms with E-state index in [1.54, 1.807) is 0 Å². The molecule has 4 atom stereocenters. The normalized spacial score (nSPS) is 27.6. The summed E-state index contributed by atoms with van der Waals surface area (Å²) in [5.74, 6) is 2.21. The minimum atomic E-state index is -0.328. The first-order valence-electron chi connectivity index (χ1n) is 14.2. The Morgan fingerprint density at radius 1 is 1.13 bits per heavy atom. The number of carbonyl (C=O) groups is 1. The van der Waals surface area contributed by atoms with Crippen LogP contribution < -0.4 is 20.4 Å². The van der Waals surface area contributed by atoms with Crippen LogP contribution in [0.4, 0.5) is 23.3 Å². The van der Waals surface area contributed by atoms with Crippen LogP contribution in [0.25, 0.3) is 0 Å². The van der Waals surface area contributed by atoms with Gasteiger partial charge in [0.25, 0.3) is 0 Å². The van der Waals surface area contributed by atoms with Gasteiger partial charge in [-0.05, 0) is 45.7 Å². The fraction of sp³-hybridized carbons (Fsp3) is 0.643. The van der Waals surface area contributed by atoms with Gasteiger partial charge in [0.05, 0.1) is 23.5 Å². The maximum Gasteiger partial charge on any atom is 0.243 e. The van der Waals surface area contributed by atoms with Crippen LogP contribution in [0.5, 0.6) is 0 Å². The lowest BCUT2D eigenvalue weighted by Gasteiger charge is -2.51. The number of carbonyl (C=O) groups excluding carboxylic acids is 1. The molecule has 2 aromatic heterocycles. The van der Waals surface area contributed by atoms with E-state index in [-0.39, 0.29) is 23.6 Å². The van der Waals surface area contributed by atoms with Crippen LogP contribution in [-0.2, 0) is 11.2 Å². The zero-order valence-electron chi connectivity index (χ0n) is 22.7. The Labute approximate surface area is 224 Å². The van der Waals surface area contributed by atoms with Gasteiger partial charge < -0.3 is 25.5 Å². The van der Waals surface area contributed by atoms with Crippen molar-refractivity contribution < 1.29 is 9.90 Å². The second kappa shape index (κ2) is 9.96. The monoisotopic (exact) mass is 520 g/mol. The highest BCUT2D eigenvalue weighted by Crippen LogP contribution is 2.44. The first-order valence-corrected chi connectivity index (χ1v) is 14.2. The van der Waals surface area contributed by atoms with Crippen molar-refractivity contribution in [3.05, 3.63) is 30.1 Å². The number of aromatic nitrogens is 3. The third kappa shape index (κ3) is 4.58. The second-order valence-electron chi connectivity index (χ2n) is 11.8. The number of piperazine rings is 2. The van der Waals surface area contributed by atoms with Crippen molar-refractivity contribution in [1.82, 2.24) is 25.2 Å². The molecular weight excluding hydrogens is 480 g/mol. The van der Waals surface area contributed by atoms with Crippen molar-refractivity contribution in [1.29, 1.82) is 0 Å². The van der Waals surface area contributed by atoms with Crippen LogP contribution in [0.1, 0.15) is 58.4 Å². The summed E-state index contributed by atoms with van der Waals surface area (Å²) in [6, 6.07) is 4.57. The number of aliphatic hydroxyl groups is 1. The van der Waals surface area contributed by atoms with Gasteiger partial charge in [-0.15, -0.1) is 0 Å². The molecule has 3 aliphatic heterocycles. The number of aliphatic hydroxyl groups excluding tert-OH is 1. The zero-order valence-corrected chi connectivity index (χ0v) is 22.7. The number of hydrogen-bond acceptors (Lipinski definition) is 9. The number of amides is 1. The molecule has 10 heteroatoms. The van der Waals surface area contributed by atoms with Crippen molar-refractivity contribution in [2.75, 3.05) is 41.3 Å². The van der Waals surface area contributed by atoms with Crippen LogP contribution in [0.3, 0.4) is 0 Å². The second-order valence-corrected chi connectivity index (χ2v) is 11.8. The molecule has 1 amide bonds. The third-order valence-corrected chi connectivity index (χ3v) is 8.91. The molecule has 3 N–H and O–H groups in total. The summed E-state index contributed by atoms with van der Waals surface area (Å²) < 4.78 is 0. The lowest BCUT2D eigenvalue weighted by molar-refractivity contribution is -0.124. The Morgan fingerprint density at radius 3 is 2.58 bits per heavy atom. The molecule has 2 saturated heterocycles. The van der Waals surface area contributed by atoms with Gasteiger partial charge in [-0.2, -0.15) is 4.98 Å². The number of anilines is 4. The highest BCUT2D eigenvalue weighted by Gasteiger charge is 2.51. The summed E-state index contributed by atoms with van der Waals surface area (Å²) in [7, 11) is 0. The van der Waals surface area contributed by atoms with E-state index in [1.807, 2.05) is 25.4 Å². The average Bonchev–Trinajstić information content (AvgIpc) is 3.30. The van der Waals surface area contributed by atoms with Gasteiger partial charge in [0, 0.05) is 56.4 Å². The van der Waals surface area contributed by atoms with E-state index >= 15 is 0 Å². The number of nitrogens with zero attached hydrogens (tertiary/aromatic N) is 6. The van der Waals surface area contributed by atoms with E-state index in [4.69, 9.17) is 4.98 Å². The van der Waals surface area contributed by atoms with E-state index in [9.17, 15) is 9.90 Å². The molecule has 0 radical (unpaired) electrons. The standard InChI is InChI=1S/C28H40N8O2/c1-18-14-34(15-19(2)35(18)16-20(3)37)22-7-8-24(29-13-22)32-27-30-12-21-11-23-26(38)31-17-28(9-5-4-6-10-28)36(23)25(21)33-27/h7-8,12-13,18-20,23,37H,4-6,9-11,14-17H2,1-3H3,(H,31,38)(H,29,30,32,33)/t18-,19+,20-,23?/m1/s1. The molecule has 10 nitrogen and oxygen atoms in total. The quantitative estimate of drug-likeness (QED) is 0.548. The SMILES string of the molecule is C[C@@H]1CN(c2ccc(Nc3ncc4c(n3)N3C(C4)C(=O)NCC34CCCCC4)nc2)C[C@H](C)N1C[C@@H](C)O. The Hall–Kier alpha value is -2.98. The number of β-amino-alcohol motifs (C(OH)–C–C–N with tert-alkyl or cyclic N) is 1. The smallest absolute Gasteiger partial charge is 0.243 e. The first kappa shape index (κ1) is 25.3. The maximum atomic E-state index is 12.8. The first-order chi connectivity index (χ1) is 18.3. The van der Waals surface area contributed by atoms with Crippen molar-refractivity contribution in [2.24, 2.45) is 0 Å². The number of rotatable bonds is 5. The molecule has 1 unspecified atom stereocenters. The molecule has 38 heavy (non-hydrogen) atoms. The largest absolute Gasteiger partial charge is 0.392 e. The maximum absolute atomic E-state index is 12.8. The highest BCUT2D eigenvalue weighted by molar-refractivity contribution is 5.90. The molecule has 4 aliphatic rings. The van der Waals surface area contributed by atoms with Crippen LogP contribution in [-0.4, -0.2) is 86.8 Å². The topological polar surface area (TPSA) is 110 Å². The van der Waals surface area contributed by atoms with Gasteiger partial charge >= 0.3 is 0 Å². The molecule has 1 spiro atoms. The van der Waals surface area contributed by atoms with E-state index in [1.165, 1.54) is 19.3 Å². The van der Waals surface area contributed by atoms with E-state index in [0.29, 0.717) is 43.4 Å². The third-order valence-electron chi connectivity index (χ3n) is 8.91. The van der Waals surface area contributed by atoms with Crippen LogP contribution >= 0.6 is 0 Å². The molecule has 204 valence electrons. The van der Waals surface area contributed by atoms with Crippen LogP contribution in [0, 0.1) is 0 Å².